The van der Waals surface area contributed by atoms with Gasteiger partial charge in [0.1, 0.15) is 12.1 Å². The number of carbonyl (C=O) groups excluding carboxylic acids is 1. The fourth-order valence-electron chi connectivity index (χ4n) is 1.16. The topological polar surface area (TPSA) is 116 Å². The molecule has 8 heteroatoms. The van der Waals surface area contributed by atoms with E-state index in [-0.39, 0.29) is 17.2 Å². The van der Waals surface area contributed by atoms with Gasteiger partial charge in [-0.05, 0) is 6.92 Å². The average molecular weight is 260 g/mol. The summed E-state index contributed by atoms with van der Waals surface area (Å²) in [6, 6.07) is -0.0572. The van der Waals surface area contributed by atoms with E-state index in [0.717, 1.165) is 11.3 Å². The third-order valence-electron chi connectivity index (χ3n) is 2.03. The largest absolute Gasteiger partial charge is 0.465 e. The van der Waals surface area contributed by atoms with Crippen molar-refractivity contribution in [3.8, 4) is 0 Å². The first-order valence-electron chi connectivity index (χ1n) is 4.80. The molecule has 0 aliphatic rings. The standard InChI is InChI=1S/C9H12N2O5S/c1-2-16-9(13)7(10)8(12)5-3-6(11(14)15)17-4-5/h3-4,7-8,12H,2,10H2,1H3. The number of nitrogens with zero attached hydrogens (tertiary/aromatic N) is 1. The molecule has 3 N–H and O–H groups in total. The highest BCUT2D eigenvalue weighted by Crippen LogP contribution is 2.28. The number of aliphatic hydroxyl groups is 1. The molecule has 1 aromatic heterocycles. The molecule has 0 bridgehead atoms. The number of hydrogen-bond donors (Lipinski definition) is 2. The monoisotopic (exact) mass is 260 g/mol. The molecule has 0 radical (unpaired) electrons. The van der Waals surface area contributed by atoms with Gasteiger partial charge in [-0.2, -0.15) is 0 Å². The smallest absolute Gasteiger partial charge is 0.325 e. The summed E-state index contributed by atoms with van der Waals surface area (Å²) in [7, 11) is 0. The van der Waals surface area contributed by atoms with E-state index in [1.54, 1.807) is 6.92 Å². The molecule has 0 fully saturated rings. The zero-order valence-electron chi connectivity index (χ0n) is 9.03. The van der Waals surface area contributed by atoms with Crippen LogP contribution >= 0.6 is 11.3 Å². The van der Waals surface area contributed by atoms with Crippen LogP contribution < -0.4 is 5.73 Å². The van der Waals surface area contributed by atoms with Crippen LogP contribution in [-0.2, 0) is 9.53 Å². The van der Waals surface area contributed by atoms with Gasteiger partial charge >= 0.3 is 11.0 Å². The highest BCUT2D eigenvalue weighted by Gasteiger charge is 2.27. The van der Waals surface area contributed by atoms with Gasteiger partial charge in [0, 0.05) is 17.0 Å². The van der Waals surface area contributed by atoms with Gasteiger partial charge in [0.05, 0.1) is 11.5 Å². The Balaban J connectivity index is 2.77. The van der Waals surface area contributed by atoms with Crippen LogP contribution in [0, 0.1) is 10.1 Å². The molecule has 0 aliphatic heterocycles. The van der Waals surface area contributed by atoms with Gasteiger partial charge in [-0.15, -0.1) is 0 Å². The van der Waals surface area contributed by atoms with E-state index in [9.17, 15) is 20.0 Å². The van der Waals surface area contributed by atoms with Crippen LogP contribution in [0.4, 0.5) is 5.00 Å². The van der Waals surface area contributed by atoms with Crippen molar-refractivity contribution < 1.29 is 19.6 Å². The minimum Gasteiger partial charge on any atom is -0.465 e. The Morgan fingerprint density at radius 2 is 2.41 bits per heavy atom. The molecule has 0 amide bonds. The molecule has 0 aliphatic carbocycles. The lowest BCUT2D eigenvalue weighted by Crippen LogP contribution is -2.38. The zero-order valence-corrected chi connectivity index (χ0v) is 9.85. The van der Waals surface area contributed by atoms with E-state index in [2.05, 4.69) is 4.74 Å². The lowest BCUT2D eigenvalue weighted by Gasteiger charge is -2.15. The van der Waals surface area contributed by atoms with Gasteiger partial charge < -0.3 is 15.6 Å². The number of carbonyl (C=O) groups is 1. The van der Waals surface area contributed by atoms with Gasteiger partial charge in [0.15, 0.2) is 0 Å². The van der Waals surface area contributed by atoms with E-state index >= 15 is 0 Å². The maximum atomic E-state index is 11.3. The molecule has 17 heavy (non-hydrogen) atoms. The molecule has 1 aromatic rings. The molecule has 2 atom stereocenters. The van der Waals surface area contributed by atoms with E-state index in [1.807, 2.05) is 0 Å². The number of rotatable bonds is 5. The minimum absolute atomic E-state index is 0.116. The molecule has 1 rings (SSSR count). The second kappa shape index (κ2) is 5.71. The quantitative estimate of drug-likeness (QED) is 0.454. The molecular formula is C9H12N2O5S. The number of esters is 1. The van der Waals surface area contributed by atoms with Crippen LogP contribution in [0.25, 0.3) is 0 Å². The van der Waals surface area contributed by atoms with Crippen molar-refractivity contribution in [3.05, 3.63) is 27.1 Å². The van der Waals surface area contributed by atoms with Crippen molar-refractivity contribution in [2.45, 2.75) is 19.1 Å². The first-order valence-corrected chi connectivity index (χ1v) is 5.68. The zero-order chi connectivity index (χ0) is 13.0. The summed E-state index contributed by atoms with van der Waals surface area (Å²) in [5.41, 5.74) is 5.71. The number of hydrogen-bond acceptors (Lipinski definition) is 7. The van der Waals surface area contributed by atoms with Gasteiger partial charge in [-0.1, -0.05) is 11.3 Å². The van der Waals surface area contributed by atoms with Crippen LogP contribution in [-0.4, -0.2) is 28.6 Å². The summed E-state index contributed by atoms with van der Waals surface area (Å²) in [4.78, 5) is 21.1. The summed E-state index contributed by atoms with van der Waals surface area (Å²) in [6.45, 7) is 1.77. The van der Waals surface area contributed by atoms with E-state index < -0.39 is 23.0 Å². The SMILES string of the molecule is CCOC(=O)C(N)C(O)c1csc([N+](=O)[O-])c1. The lowest BCUT2D eigenvalue weighted by molar-refractivity contribution is -0.380. The van der Waals surface area contributed by atoms with Crippen LogP contribution in [0.2, 0.25) is 0 Å². The fraction of sp³-hybridized carbons (Fsp3) is 0.444. The van der Waals surface area contributed by atoms with Gasteiger partial charge in [0.2, 0.25) is 0 Å². The molecule has 2 unspecified atom stereocenters. The fourth-order valence-corrected chi connectivity index (χ4v) is 1.92. The normalized spacial score (nSPS) is 14.1. The van der Waals surface area contributed by atoms with Gasteiger partial charge in [-0.25, -0.2) is 0 Å². The van der Waals surface area contributed by atoms with Crippen LogP contribution in [0.15, 0.2) is 11.4 Å². The lowest BCUT2D eigenvalue weighted by atomic mass is 10.1. The van der Waals surface area contributed by atoms with Crippen molar-refractivity contribution in [1.29, 1.82) is 0 Å². The molecule has 7 nitrogen and oxygen atoms in total. The first-order chi connectivity index (χ1) is 7.97. The summed E-state index contributed by atoms with van der Waals surface area (Å²) < 4.78 is 4.65. The Kier molecular flexibility index (Phi) is 4.55. The summed E-state index contributed by atoms with van der Waals surface area (Å²) in [6.07, 6.45) is -1.31. The first kappa shape index (κ1) is 13.6. The molecule has 1 heterocycles. The molecule has 0 saturated carbocycles. The summed E-state index contributed by atoms with van der Waals surface area (Å²) in [5.74, 6) is -0.742. The second-order valence-electron chi connectivity index (χ2n) is 3.20. The Morgan fingerprint density at radius 3 is 2.88 bits per heavy atom. The second-order valence-corrected chi connectivity index (χ2v) is 4.09. The Morgan fingerprint density at radius 1 is 1.76 bits per heavy atom. The van der Waals surface area contributed by atoms with Crippen LogP contribution in [0.5, 0.6) is 0 Å². The molecule has 0 spiro atoms. The number of nitro groups is 1. The van der Waals surface area contributed by atoms with Crippen molar-refractivity contribution in [1.82, 2.24) is 0 Å². The van der Waals surface area contributed by atoms with Crippen molar-refractivity contribution >= 4 is 22.3 Å². The van der Waals surface area contributed by atoms with Gasteiger partial charge in [-0.3, -0.25) is 14.9 Å². The predicted octanol–water partition coefficient (Wildman–Crippen LogP) is 0.580. The number of nitrogens with two attached hydrogens (primary N) is 1. The highest BCUT2D eigenvalue weighted by atomic mass is 32.1. The van der Waals surface area contributed by atoms with Crippen molar-refractivity contribution in [3.63, 3.8) is 0 Å². The molecular weight excluding hydrogens is 248 g/mol. The summed E-state index contributed by atoms with van der Waals surface area (Å²) >= 11 is 0.862. The maximum Gasteiger partial charge on any atom is 0.325 e. The van der Waals surface area contributed by atoms with E-state index in [1.165, 1.54) is 11.4 Å². The van der Waals surface area contributed by atoms with Crippen LogP contribution in [0.3, 0.4) is 0 Å². The Hall–Kier alpha value is -1.51. The summed E-state index contributed by atoms with van der Waals surface area (Å²) in [5, 5.41) is 21.5. The maximum absolute atomic E-state index is 11.3. The minimum atomic E-state index is -1.31. The Bertz CT molecular complexity index is 419. The number of ether oxygens (including phenoxy) is 1. The van der Waals surface area contributed by atoms with E-state index in [4.69, 9.17) is 5.73 Å². The molecule has 0 saturated heterocycles. The van der Waals surface area contributed by atoms with Crippen molar-refractivity contribution in [2.75, 3.05) is 6.61 Å². The number of thiophene rings is 1. The predicted molar refractivity (Wildman–Crippen MR) is 60.5 cm³/mol. The number of aliphatic hydroxyl groups excluding tert-OH is 1. The molecule has 94 valence electrons. The van der Waals surface area contributed by atoms with Crippen LogP contribution in [0.1, 0.15) is 18.6 Å². The Labute approximate surface area is 101 Å². The third-order valence-corrected chi connectivity index (χ3v) is 2.92. The van der Waals surface area contributed by atoms with Crippen molar-refractivity contribution in [2.24, 2.45) is 5.73 Å². The highest BCUT2D eigenvalue weighted by molar-refractivity contribution is 7.13. The average Bonchev–Trinajstić information content (AvgIpc) is 2.76. The van der Waals surface area contributed by atoms with E-state index in [0.29, 0.717) is 0 Å². The third kappa shape index (κ3) is 3.22. The molecule has 0 aromatic carbocycles. The van der Waals surface area contributed by atoms with Gasteiger partial charge in [0.25, 0.3) is 0 Å².